The van der Waals surface area contributed by atoms with Crippen molar-refractivity contribution in [1.82, 2.24) is 0 Å². The molecule has 0 aromatic rings. The van der Waals surface area contributed by atoms with E-state index in [1.807, 2.05) is 0 Å². The summed E-state index contributed by atoms with van der Waals surface area (Å²) in [4.78, 5) is 0. The quantitative estimate of drug-likeness (QED) is 0.348. The standard InChI is InChI=1S/BO3.2Ca.3H2O/c2-1(3)4;;;;;/h;;;3*1H2/q-3;2*+2;;;/p-1. The maximum atomic E-state index is 8.42. The van der Waals surface area contributed by atoms with Gasteiger partial charge in [0.05, 0.1) is 0 Å². The Morgan fingerprint density at radius 2 is 0.778 bits per heavy atom. The zero-order valence-corrected chi connectivity index (χ0v) is 9.08. The van der Waals surface area contributed by atoms with Crippen LogP contribution in [0.15, 0.2) is 0 Å². The average molecular weight is 192 g/mol. The Kier molecular flexibility index (Phi) is 149. The molecule has 0 aliphatic rings. The molecule has 0 aliphatic carbocycles. The third-order valence-electron chi connectivity index (χ3n) is 0. The largest absolute Gasteiger partial charge is 2.00 e. The molecule has 0 saturated carbocycles. The van der Waals surface area contributed by atoms with Crippen molar-refractivity contribution in [3.63, 3.8) is 0 Å². The summed E-state index contributed by atoms with van der Waals surface area (Å²) < 4.78 is 0. The molecule has 0 atom stereocenters. The molecule has 5 N–H and O–H groups in total. The van der Waals surface area contributed by atoms with E-state index in [0.717, 1.165) is 0 Å². The van der Waals surface area contributed by atoms with Crippen LogP contribution in [0.25, 0.3) is 0 Å². The van der Waals surface area contributed by atoms with E-state index in [9.17, 15) is 0 Å². The molecule has 0 unspecified atom stereocenters. The van der Waals surface area contributed by atoms with Crippen molar-refractivity contribution in [2.45, 2.75) is 0 Å². The fourth-order valence-electron chi connectivity index (χ4n) is 0. The summed E-state index contributed by atoms with van der Waals surface area (Å²) in [5.41, 5.74) is 0. The van der Waals surface area contributed by atoms with E-state index in [1.54, 1.807) is 0 Å². The minimum absolute atomic E-state index is 0. The zero-order valence-electron chi connectivity index (χ0n) is 4.66. The van der Waals surface area contributed by atoms with Crippen molar-refractivity contribution in [3.05, 3.63) is 0 Å². The summed E-state index contributed by atoms with van der Waals surface area (Å²) in [7, 11) is -2.92. The first-order chi connectivity index (χ1) is 1.73. The van der Waals surface area contributed by atoms with Crippen molar-refractivity contribution >= 4 is 82.8 Å². The summed E-state index contributed by atoms with van der Waals surface area (Å²) in [6.07, 6.45) is 0. The average Bonchev–Trinajstić information content (AvgIpc) is 0.811. The van der Waals surface area contributed by atoms with E-state index in [4.69, 9.17) is 15.1 Å². The van der Waals surface area contributed by atoms with Crippen molar-refractivity contribution in [2.75, 3.05) is 0 Å². The summed E-state index contributed by atoms with van der Waals surface area (Å²) >= 11 is 0. The van der Waals surface area contributed by atoms with Crippen LogP contribution in [0.5, 0.6) is 0 Å². The van der Waals surface area contributed by atoms with Gasteiger partial charge in [-0.2, -0.15) is 0 Å². The molecule has 0 aromatic heterocycles. The summed E-state index contributed by atoms with van der Waals surface area (Å²) in [6, 6.07) is 0. The van der Waals surface area contributed by atoms with Gasteiger partial charge in [-0.15, -0.1) is 0 Å². The van der Waals surface area contributed by atoms with Crippen LogP contribution in [-0.4, -0.2) is 99.2 Å². The molecule has 0 bridgehead atoms. The molecule has 9 heteroatoms. The molecule has 0 radical (unpaired) electrons. The van der Waals surface area contributed by atoms with E-state index < -0.39 is 7.32 Å². The minimum Gasteiger partial charge on any atom is -0.907 e. The Morgan fingerprint density at radius 1 is 0.778 bits per heavy atom. The molecule has 9 heavy (non-hydrogen) atoms. The van der Waals surface area contributed by atoms with Crippen LogP contribution in [0.4, 0.5) is 0 Å². The van der Waals surface area contributed by atoms with Gasteiger partial charge in [0.15, 0.2) is 0 Å². The van der Waals surface area contributed by atoms with Gasteiger partial charge >= 0.3 is 75.5 Å². The number of hydrogen-bond donors (Lipinski definition) is 0. The summed E-state index contributed by atoms with van der Waals surface area (Å²) in [5.74, 6) is 0. The predicted molar refractivity (Wildman–Crippen MR) is 26.4 cm³/mol. The monoisotopic (exact) mass is 192 g/mol. The molecule has 48 valence electrons. The van der Waals surface area contributed by atoms with E-state index in [0.29, 0.717) is 0 Å². The van der Waals surface area contributed by atoms with E-state index in [-0.39, 0.29) is 91.9 Å². The first-order valence-corrected chi connectivity index (χ1v) is 0.707. The van der Waals surface area contributed by atoms with Crippen LogP contribution >= 0.6 is 0 Å². The second-order valence-corrected chi connectivity index (χ2v) is 0.289. The van der Waals surface area contributed by atoms with Gasteiger partial charge in [-0.1, -0.05) is 0 Å². The molecular formula is H5BCa2O6. The fourth-order valence-corrected chi connectivity index (χ4v) is 0. The first-order valence-electron chi connectivity index (χ1n) is 0.707. The predicted octanol–water partition coefficient (Wildman–Crippen LogP) is -6.54. The Balaban J connectivity index is -0.00000000450. The maximum Gasteiger partial charge on any atom is 2.00 e. The van der Waals surface area contributed by atoms with Crippen molar-refractivity contribution in [2.24, 2.45) is 0 Å². The van der Waals surface area contributed by atoms with Gasteiger partial charge < -0.3 is 31.5 Å². The van der Waals surface area contributed by atoms with Gasteiger partial charge in [0.25, 0.3) is 0 Å². The van der Waals surface area contributed by atoms with E-state index in [2.05, 4.69) is 0 Å². The Morgan fingerprint density at radius 3 is 0.778 bits per heavy atom. The van der Waals surface area contributed by atoms with Gasteiger partial charge in [-0.3, -0.25) is 7.32 Å². The Hall–Kier alpha value is 2.34. The van der Waals surface area contributed by atoms with Crippen LogP contribution in [-0.2, 0) is 0 Å². The van der Waals surface area contributed by atoms with Crippen LogP contribution < -0.4 is 15.1 Å². The molecular weight excluding hydrogens is 187 g/mol. The van der Waals surface area contributed by atoms with Crippen molar-refractivity contribution in [3.8, 4) is 0 Å². The van der Waals surface area contributed by atoms with Gasteiger partial charge in [-0.05, 0) is 0 Å². The van der Waals surface area contributed by atoms with Gasteiger partial charge in [0.1, 0.15) is 0 Å². The topological polar surface area (TPSA) is 162 Å². The maximum absolute atomic E-state index is 8.42. The fraction of sp³-hybridized carbons (Fsp3) is 0. The van der Waals surface area contributed by atoms with Crippen LogP contribution in [0.1, 0.15) is 0 Å². The summed E-state index contributed by atoms with van der Waals surface area (Å²) in [6.45, 7) is 0. The molecule has 0 spiro atoms. The van der Waals surface area contributed by atoms with E-state index >= 15 is 0 Å². The van der Waals surface area contributed by atoms with Crippen molar-refractivity contribution < 1.29 is 31.5 Å². The van der Waals surface area contributed by atoms with Gasteiger partial charge in [0, 0.05) is 0 Å². The Bertz CT molecular complexity index is 15.8. The third kappa shape index (κ3) is 131. The normalized spacial score (nSPS) is 3.00. The minimum atomic E-state index is -2.92. The van der Waals surface area contributed by atoms with Crippen LogP contribution in [0.3, 0.4) is 0 Å². The number of rotatable bonds is 0. The first kappa shape index (κ1) is 42.5. The summed E-state index contributed by atoms with van der Waals surface area (Å²) in [5, 5.41) is 25.2. The van der Waals surface area contributed by atoms with E-state index in [1.165, 1.54) is 0 Å². The molecule has 0 aromatic carbocycles. The molecule has 0 saturated heterocycles. The van der Waals surface area contributed by atoms with Crippen LogP contribution in [0.2, 0.25) is 0 Å². The second-order valence-electron chi connectivity index (χ2n) is 0.289. The van der Waals surface area contributed by atoms with Crippen LogP contribution in [0, 0.1) is 0 Å². The zero-order chi connectivity index (χ0) is 3.58. The number of hydrogen-bond acceptors (Lipinski definition) is 4. The molecule has 0 fully saturated rings. The van der Waals surface area contributed by atoms with Gasteiger partial charge in [0.2, 0.25) is 0 Å². The molecule has 0 amide bonds. The molecule has 0 rings (SSSR count). The molecule has 0 heterocycles. The van der Waals surface area contributed by atoms with Gasteiger partial charge in [-0.25, -0.2) is 0 Å². The molecule has 0 aliphatic heterocycles. The second kappa shape index (κ2) is 31.6. The molecule has 6 nitrogen and oxygen atoms in total. The smallest absolute Gasteiger partial charge is 0.907 e. The SMILES string of the molecule is O.O.[Ca+2].[Ca+2].[O-]B([O-])[O-].[OH-]. The third-order valence-corrected chi connectivity index (χ3v) is 0. The Labute approximate surface area is 112 Å². The van der Waals surface area contributed by atoms with Crippen molar-refractivity contribution in [1.29, 1.82) is 0 Å².